The van der Waals surface area contributed by atoms with E-state index < -0.39 is 24.3 Å². The molecule has 2 N–H and O–H groups in total. The normalized spacial score (nSPS) is 12.5. The molecule has 0 saturated heterocycles. The van der Waals surface area contributed by atoms with Gasteiger partial charge in [-0.15, -0.1) is 11.3 Å². The SMILES string of the molecule is CCOC(=O)C(C)=CC(C)=Cc1csc([C@H](Cc2ccc(OCc3ccccc3)cc2)NC(=O)C(=O)CO)n1. The number of hydrogen-bond acceptors (Lipinski definition) is 8. The largest absolute Gasteiger partial charge is 0.489 e. The van der Waals surface area contributed by atoms with Gasteiger partial charge >= 0.3 is 5.97 Å². The zero-order chi connectivity index (χ0) is 28.2. The lowest BCUT2D eigenvalue weighted by molar-refractivity contribution is -0.139. The molecular weight excluding hydrogens is 516 g/mol. The molecule has 2 aromatic carbocycles. The van der Waals surface area contributed by atoms with Crippen LogP contribution in [0.3, 0.4) is 0 Å². The van der Waals surface area contributed by atoms with E-state index in [0.717, 1.165) is 16.7 Å². The highest BCUT2D eigenvalue weighted by molar-refractivity contribution is 7.09. The van der Waals surface area contributed by atoms with Gasteiger partial charge in [0.25, 0.3) is 5.91 Å². The standard InChI is InChI=1S/C30H32N2O6S/c1-4-37-30(36)21(3)14-20(2)15-24-19-39-29(31-24)26(32-28(35)27(34)17-33)16-22-10-12-25(13-11-22)38-18-23-8-6-5-7-9-23/h5-15,19,26,33H,4,16-18H2,1-3H3,(H,32,35)/t26-/m0/s1. The van der Waals surface area contributed by atoms with Crippen LogP contribution >= 0.6 is 11.3 Å². The Bertz CT molecular complexity index is 1330. The number of benzene rings is 2. The average molecular weight is 549 g/mol. The van der Waals surface area contributed by atoms with E-state index in [-0.39, 0.29) is 5.97 Å². The minimum Gasteiger partial charge on any atom is -0.489 e. The second kappa shape index (κ2) is 14.8. The molecule has 0 radical (unpaired) electrons. The van der Waals surface area contributed by atoms with Crippen LogP contribution in [0.15, 0.2) is 77.2 Å². The Hall–Kier alpha value is -4.08. The van der Waals surface area contributed by atoms with Gasteiger partial charge in [-0.2, -0.15) is 0 Å². The number of hydrogen-bond donors (Lipinski definition) is 2. The Morgan fingerprint density at radius 3 is 2.44 bits per heavy atom. The van der Waals surface area contributed by atoms with Crippen molar-refractivity contribution in [3.63, 3.8) is 0 Å². The van der Waals surface area contributed by atoms with Gasteiger partial charge in [-0.3, -0.25) is 9.59 Å². The van der Waals surface area contributed by atoms with Crippen molar-refractivity contribution in [1.29, 1.82) is 0 Å². The summed E-state index contributed by atoms with van der Waals surface area (Å²) in [7, 11) is 0. The second-order valence-corrected chi connectivity index (χ2v) is 9.67. The van der Waals surface area contributed by atoms with E-state index in [9.17, 15) is 14.4 Å². The fourth-order valence-electron chi connectivity index (χ4n) is 3.66. The highest BCUT2D eigenvalue weighted by Crippen LogP contribution is 2.25. The molecule has 9 heteroatoms. The molecule has 0 saturated carbocycles. The molecule has 1 amide bonds. The number of aliphatic hydroxyl groups excluding tert-OH is 1. The lowest BCUT2D eigenvalue weighted by Crippen LogP contribution is -2.36. The zero-order valence-corrected chi connectivity index (χ0v) is 23.0. The van der Waals surface area contributed by atoms with Gasteiger partial charge < -0.3 is 19.9 Å². The van der Waals surface area contributed by atoms with Crippen molar-refractivity contribution in [2.45, 2.75) is 39.8 Å². The van der Waals surface area contributed by atoms with Crippen LogP contribution in [-0.2, 0) is 32.1 Å². The molecule has 3 aromatic rings. The fraction of sp³-hybridized carbons (Fsp3) is 0.267. The van der Waals surface area contributed by atoms with Crippen LogP contribution in [-0.4, -0.2) is 41.0 Å². The molecule has 0 unspecified atom stereocenters. The van der Waals surface area contributed by atoms with Gasteiger partial charge in [-0.05, 0) is 68.2 Å². The predicted molar refractivity (Wildman–Crippen MR) is 150 cm³/mol. The molecule has 0 aliphatic heterocycles. The summed E-state index contributed by atoms with van der Waals surface area (Å²) in [5, 5.41) is 14.2. The first kappa shape index (κ1) is 29.5. The van der Waals surface area contributed by atoms with E-state index >= 15 is 0 Å². The van der Waals surface area contributed by atoms with Crippen molar-refractivity contribution in [2.75, 3.05) is 13.2 Å². The van der Waals surface area contributed by atoms with Gasteiger partial charge in [0.1, 0.15) is 24.0 Å². The van der Waals surface area contributed by atoms with Crippen LogP contribution in [0.25, 0.3) is 6.08 Å². The first-order valence-corrected chi connectivity index (χ1v) is 13.4. The molecule has 8 nitrogen and oxygen atoms in total. The Balaban J connectivity index is 1.75. The van der Waals surface area contributed by atoms with Gasteiger partial charge in [-0.25, -0.2) is 9.78 Å². The quantitative estimate of drug-likeness (QED) is 0.139. The minimum atomic E-state index is -0.920. The number of aliphatic hydroxyl groups is 1. The molecule has 39 heavy (non-hydrogen) atoms. The maximum absolute atomic E-state index is 12.3. The molecule has 1 heterocycles. The Morgan fingerprint density at radius 2 is 1.77 bits per heavy atom. The van der Waals surface area contributed by atoms with E-state index in [0.29, 0.717) is 41.7 Å². The van der Waals surface area contributed by atoms with E-state index in [2.05, 4.69) is 10.3 Å². The molecular formula is C30H32N2O6S. The number of carbonyl (C=O) groups excluding carboxylic acids is 3. The number of carbonyl (C=O) groups is 3. The van der Waals surface area contributed by atoms with Crippen molar-refractivity contribution in [3.8, 4) is 5.75 Å². The first-order chi connectivity index (χ1) is 18.8. The van der Waals surface area contributed by atoms with Gasteiger partial charge in [0.2, 0.25) is 5.78 Å². The Labute approximate surface area is 232 Å². The fourth-order valence-corrected chi connectivity index (χ4v) is 4.48. The van der Waals surface area contributed by atoms with Gasteiger partial charge in [0, 0.05) is 11.0 Å². The summed E-state index contributed by atoms with van der Waals surface area (Å²) in [6.07, 6.45) is 3.91. The van der Waals surface area contributed by atoms with Crippen LogP contribution in [0.5, 0.6) is 5.75 Å². The molecule has 0 bridgehead atoms. The predicted octanol–water partition coefficient (Wildman–Crippen LogP) is 4.60. The van der Waals surface area contributed by atoms with E-state index in [4.69, 9.17) is 14.6 Å². The lowest BCUT2D eigenvalue weighted by atomic mass is 10.1. The third kappa shape index (κ3) is 9.31. The van der Waals surface area contributed by atoms with Crippen molar-refractivity contribution in [3.05, 3.63) is 99.0 Å². The summed E-state index contributed by atoms with van der Waals surface area (Å²) in [5.41, 5.74) is 3.90. The first-order valence-electron chi connectivity index (χ1n) is 12.5. The summed E-state index contributed by atoms with van der Waals surface area (Å²) in [6.45, 7) is 5.17. The van der Waals surface area contributed by atoms with Crippen LogP contribution < -0.4 is 10.1 Å². The average Bonchev–Trinajstić information content (AvgIpc) is 3.40. The molecule has 1 aromatic heterocycles. The van der Waals surface area contributed by atoms with Crippen molar-refractivity contribution >= 4 is 35.1 Å². The molecule has 3 rings (SSSR count). The van der Waals surface area contributed by atoms with Crippen LogP contribution in [0.1, 0.15) is 48.6 Å². The monoisotopic (exact) mass is 548 g/mol. The van der Waals surface area contributed by atoms with E-state index in [1.807, 2.05) is 73.0 Å². The smallest absolute Gasteiger partial charge is 0.333 e. The Morgan fingerprint density at radius 1 is 1.05 bits per heavy atom. The Kier molecular flexibility index (Phi) is 11.1. The van der Waals surface area contributed by atoms with Gasteiger partial charge in [-0.1, -0.05) is 42.5 Å². The lowest BCUT2D eigenvalue weighted by Gasteiger charge is -2.16. The van der Waals surface area contributed by atoms with Crippen molar-refractivity contribution < 1.29 is 29.0 Å². The number of allylic oxidation sites excluding steroid dienone is 2. The molecule has 0 fully saturated rings. The highest BCUT2D eigenvalue weighted by atomic mass is 32.1. The summed E-state index contributed by atoms with van der Waals surface area (Å²) in [5.74, 6) is -1.46. The summed E-state index contributed by atoms with van der Waals surface area (Å²) < 4.78 is 10.9. The number of ketones is 1. The number of Topliss-reactive ketones (excluding diaryl/α,β-unsaturated/α-hetero) is 1. The molecule has 0 aliphatic carbocycles. The third-order valence-electron chi connectivity index (χ3n) is 5.57. The summed E-state index contributed by atoms with van der Waals surface area (Å²) >= 11 is 1.34. The van der Waals surface area contributed by atoms with Crippen LogP contribution in [0, 0.1) is 0 Å². The minimum absolute atomic E-state index is 0.303. The number of thiazole rings is 1. The van der Waals surface area contributed by atoms with Crippen molar-refractivity contribution in [1.82, 2.24) is 10.3 Å². The number of nitrogens with one attached hydrogen (secondary N) is 1. The number of ether oxygens (including phenoxy) is 2. The number of esters is 1. The highest BCUT2D eigenvalue weighted by Gasteiger charge is 2.22. The van der Waals surface area contributed by atoms with Gasteiger partial charge in [0.05, 0.1) is 18.3 Å². The van der Waals surface area contributed by atoms with E-state index in [1.54, 1.807) is 19.9 Å². The topological polar surface area (TPSA) is 115 Å². The van der Waals surface area contributed by atoms with Crippen LogP contribution in [0.4, 0.5) is 0 Å². The summed E-state index contributed by atoms with van der Waals surface area (Å²) in [4.78, 5) is 40.6. The maximum Gasteiger partial charge on any atom is 0.333 e. The number of amides is 1. The molecule has 1 atom stereocenters. The van der Waals surface area contributed by atoms with Crippen molar-refractivity contribution in [2.24, 2.45) is 0 Å². The third-order valence-corrected chi connectivity index (χ3v) is 6.55. The number of nitrogens with zero attached hydrogens (tertiary/aromatic N) is 1. The maximum atomic E-state index is 12.3. The number of aromatic nitrogens is 1. The van der Waals surface area contributed by atoms with Gasteiger partial charge in [0.15, 0.2) is 0 Å². The molecule has 0 spiro atoms. The molecule has 0 aliphatic rings. The summed E-state index contributed by atoms with van der Waals surface area (Å²) in [6, 6.07) is 16.8. The zero-order valence-electron chi connectivity index (χ0n) is 22.2. The van der Waals surface area contributed by atoms with E-state index in [1.165, 1.54) is 11.3 Å². The number of rotatable bonds is 13. The van der Waals surface area contributed by atoms with Crippen LogP contribution in [0.2, 0.25) is 0 Å². The molecule has 204 valence electrons. The second-order valence-electron chi connectivity index (χ2n) is 8.78.